The summed E-state index contributed by atoms with van der Waals surface area (Å²) in [4.78, 5) is 32.3. The molecule has 3 aromatic rings. The number of carbonyl (C=O) groups is 2. The van der Waals surface area contributed by atoms with E-state index >= 15 is 0 Å². The maximum Gasteiger partial charge on any atom is 0.274 e. The van der Waals surface area contributed by atoms with E-state index in [0.717, 1.165) is 16.8 Å². The Balaban J connectivity index is 1.13. The van der Waals surface area contributed by atoms with E-state index in [2.05, 4.69) is 60.5 Å². The van der Waals surface area contributed by atoms with Crippen molar-refractivity contribution in [2.75, 3.05) is 13.1 Å². The number of piperidine rings is 1. The lowest BCUT2D eigenvalue weighted by molar-refractivity contribution is -0.126. The zero-order chi connectivity index (χ0) is 25.1. The summed E-state index contributed by atoms with van der Waals surface area (Å²) >= 11 is 0. The highest BCUT2D eigenvalue weighted by molar-refractivity contribution is 5.93. The Morgan fingerprint density at radius 3 is 2.47 bits per heavy atom. The standard InChI is InChI=1S/C29H34N4O3/c1-20(2)22-10-8-21(9-11-22)16-30-28(34)24-12-14-32(15-13-24)29(35)27-25-18-36-26(17-33(25)19-31-27)23-6-4-3-5-7-23/h3-11,19-20,24,26H,12-18H2,1-2H3,(H,30,34)/t26-/m1/s1. The SMILES string of the molecule is CC(C)c1ccc(CNC(=O)C2CCN(C(=O)c3ncn4c3CO[C@@H](c3ccccc3)C4)CC2)cc1. The highest BCUT2D eigenvalue weighted by atomic mass is 16.5. The number of aromatic nitrogens is 2. The van der Waals surface area contributed by atoms with E-state index in [1.54, 1.807) is 6.33 Å². The third-order valence-electron chi connectivity index (χ3n) is 7.37. The molecule has 2 amide bonds. The van der Waals surface area contributed by atoms with Crippen molar-refractivity contribution < 1.29 is 14.3 Å². The van der Waals surface area contributed by atoms with Crippen molar-refractivity contribution in [1.82, 2.24) is 19.8 Å². The summed E-state index contributed by atoms with van der Waals surface area (Å²) in [7, 11) is 0. The number of imidazole rings is 1. The molecule has 1 aromatic heterocycles. The van der Waals surface area contributed by atoms with E-state index in [1.807, 2.05) is 27.7 Å². The first-order valence-electron chi connectivity index (χ1n) is 12.9. The summed E-state index contributed by atoms with van der Waals surface area (Å²) in [5, 5.41) is 3.07. The van der Waals surface area contributed by atoms with Gasteiger partial charge < -0.3 is 19.5 Å². The van der Waals surface area contributed by atoms with Gasteiger partial charge in [-0.3, -0.25) is 9.59 Å². The van der Waals surface area contributed by atoms with Crippen LogP contribution in [-0.2, 0) is 29.2 Å². The minimum atomic E-state index is -0.0744. The molecule has 7 nitrogen and oxygen atoms in total. The molecule has 7 heteroatoms. The summed E-state index contributed by atoms with van der Waals surface area (Å²) in [6.45, 7) is 6.98. The van der Waals surface area contributed by atoms with E-state index in [4.69, 9.17) is 4.74 Å². The van der Waals surface area contributed by atoms with Gasteiger partial charge in [-0.2, -0.15) is 0 Å². The van der Waals surface area contributed by atoms with Crippen LogP contribution in [-0.4, -0.2) is 39.4 Å². The molecule has 1 N–H and O–H groups in total. The van der Waals surface area contributed by atoms with E-state index in [-0.39, 0.29) is 23.8 Å². The second kappa shape index (κ2) is 10.7. The number of nitrogens with zero attached hydrogens (tertiary/aromatic N) is 3. The maximum absolute atomic E-state index is 13.2. The van der Waals surface area contributed by atoms with Crippen molar-refractivity contribution in [1.29, 1.82) is 0 Å². The summed E-state index contributed by atoms with van der Waals surface area (Å²) in [5.41, 5.74) is 4.81. The van der Waals surface area contributed by atoms with E-state index in [1.165, 1.54) is 5.56 Å². The Morgan fingerprint density at radius 2 is 1.78 bits per heavy atom. The Bertz CT molecular complexity index is 1200. The predicted molar refractivity (Wildman–Crippen MR) is 137 cm³/mol. The fraction of sp³-hybridized carbons (Fsp3) is 0.414. The van der Waals surface area contributed by atoms with Crippen molar-refractivity contribution in [3.63, 3.8) is 0 Å². The van der Waals surface area contributed by atoms with Gasteiger partial charge in [0.1, 0.15) is 6.10 Å². The second-order valence-corrected chi connectivity index (χ2v) is 10.1. The molecule has 5 rings (SSSR count). The van der Waals surface area contributed by atoms with Crippen molar-refractivity contribution in [2.45, 2.75) is 58.4 Å². The molecule has 2 aliphatic heterocycles. The maximum atomic E-state index is 13.2. The topological polar surface area (TPSA) is 76.5 Å². The van der Waals surface area contributed by atoms with E-state index in [9.17, 15) is 9.59 Å². The minimum absolute atomic E-state index is 0.0433. The average molecular weight is 487 g/mol. The molecule has 36 heavy (non-hydrogen) atoms. The number of fused-ring (bicyclic) bond motifs is 1. The molecule has 1 atom stereocenters. The van der Waals surface area contributed by atoms with Crippen molar-refractivity contribution in [2.24, 2.45) is 5.92 Å². The van der Waals surface area contributed by atoms with Crippen LogP contribution in [0.25, 0.3) is 0 Å². The summed E-state index contributed by atoms with van der Waals surface area (Å²) < 4.78 is 8.10. The Labute approximate surface area is 212 Å². The summed E-state index contributed by atoms with van der Waals surface area (Å²) in [6, 6.07) is 18.5. The number of rotatable bonds is 6. The van der Waals surface area contributed by atoms with E-state index in [0.29, 0.717) is 57.2 Å². The monoisotopic (exact) mass is 486 g/mol. The molecule has 0 aliphatic carbocycles. The number of ether oxygens (including phenoxy) is 1. The van der Waals surface area contributed by atoms with Crippen LogP contribution < -0.4 is 5.32 Å². The van der Waals surface area contributed by atoms with Gasteiger partial charge in [0.15, 0.2) is 5.69 Å². The van der Waals surface area contributed by atoms with Crippen LogP contribution in [0.1, 0.15) is 71.6 Å². The normalized spacial score (nSPS) is 18.2. The summed E-state index contributed by atoms with van der Waals surface area (Å²) in [6.07, 6.45) is 3.02. The van der Waals surface area contributed by atoms with Crippen LogP contribution in [0.5, 0.6) is 0 Å². The lowest BCUT2D eigenvalue weighted by atomic mass is 9.95. The van der Waals surface area contributed by atoms with Gasteiger partial charge in [-0.15, -0.1) is 0 Å². The Hall–Kier alpha value is -3.45. The van der Waals surface area contributed by atoms with Crippen LogP contribution in [0.15, 0.2) is 60.9 Å². The van der Waals surface area contributed by atoms with Gasteiger partial charge in [0.25, 0.3) is 5.91 Å². The van der Waals surface area contributed by atoms with Gasteiger partial charge in [0.05, 0.1) is 25.2 Å². The first-order valence-corrected chi connectivity index (χ1v) is 12.9. The molecule has 3 heterocycles. The molecule has 0 spiro atoms. The first kappa shape index (κ1) is 24.3. The van der Waals surface area contributed by atoms with Gasteiger partial charge in [0, 0.05) is 25.6 Å². The van der Waals surface area contributed by atoms with Gasteiger partial charge in [-0.25, -0.2) is 4.98 Å². The molecule has 0 saturated carbocycles. The van der Waals surface area contributed by atoms with Crippen molar-refractivity contribution in [3.05, 3.63) is 89.0 Å². The molecule has 0 unspecified atom stereocenters. The zero-order valence-electron chi connectivity index (χ0n) is 21.0. The molecular formula is C29H34N4O3. The molecule has 1 saturated heterocycles. The second-order valence-electron chi connectivity index (χ2n) is 10.1. The number of hydrogen-bond acceptors (Lipinski definition) is 4. The molecule has 0 bridgehead atoms. The average Bonchev–Trinajstić information content (AvgIpc) is 3.35. The number of nitrogens with one attached hydrogen (secondary N) is 1. The van der Waals surface area contributed by atoms with Crippen LogP contribution >= 0.6 is 0 Å². The van der Waals surface area contributed by atoms with Crippen LogP contribution in [0, 0.1) is 5.92 Å². The Morgan fingerprint density at radius 1 is 1.06 bits per heavy atom. The van der Waals surface area contributed by atoms with Crippen LogP contribution in [0.2, 0.25) is 0 Å². The smallest absolute Gasteiger partial charge is 0.274 e. The Kier molecular flexibility index (Phi) is 7.18. The number of carbonyl (C=O) groups excluding carboxylic acids is 2. The van der Waals surface area contributed by atoms with Crippen molar-refractivity contribution >= 4 is 11.8 Å². The highest BCUT2D eigenvalue weighted by Gasteiger charge is 2.32. The van der Waals surface area contributed by atoms with Crippen LogP contribution in [0.4, 0.5) is 0 Å². The molecule has 2 aromatic carbocycles. The summed E-state index contributed by atoms with van der Waals surface area (Å²) in [5.74, 6) is 0.409. The van der Waals surface area contributed by atoms with Gasteiger partial charge in [-0.05, 0) is 35.4 Å². The third kappa shape index (κ3) is 5.21. The van der Waals surface area contributed by atoms with Gasteiger partial charge >= 0.3 is 0 Å². The van der Waals surface area contributed by atoms with Gasteiger partial charge in [-0.1, -0.05) is 68.4 Å². The van der Waals surface area contributed by atoms with E-state index < -0.39 is 0 Å². The number of amides is 2. The zero-order valence-corrected chi connectivity index (χ0v) is 21.0. The van der Waals surface area contributed by atoms with Gasteiger partial charge in [0.2, 0.25) is 5.91 Å². The molecule has 188 valence electrons. The lowest BCUT2D eigenvalue weighted by Crippen LogP contribution is -2.43. The predicted octanol–water partition coefficient (Wildman–Crippen LogP) is 4.45. The molecule has 2 aliphatic rings. The molecular weight excluding hydrogens is 452 g/mol. The van der Waals surface area contributed by atoms with Crippen LogP contribution in [0.3, 0.4) is 0 Å². The fourth-order valence-corrected chi connectivity index (χ4v) is 5.02. The van der Waals surface area contributed by atoms with Crippen molar-refractivity contribution in [3.8, 4) is 0 Å². The number of likely N-dealkylation sites (tertiary alicyclic amines) is 1. The quantitative estimate of drug-likeness (QED) is 0.559. The third-order valence-corrected chi connectivity index (χ3v) is 7.37. The molecule has 1 fully saturated rings. The molecule has 0 radical (unpaired) electrons. The first-order chi connectivity index (χ1) is 17.5. The largest absolute Gasteiger partial charge is 0.365 e. The number of hydrogen-bond donors (Lipinski definition) is 1. The lowest BCUT2D eigenvalue weighted by Gasteiger charge is -2.31. The number of benzene rings is 2. The fourth-order valence-electron chi connectivity index (χ4n) is 5.02. The minimum Gasteiger partial charge on any atom is -0.365 e. The highest BCUT2D eigenvalue weighted by Crippen LogP contribution is 2.29.